The molecule has 4 aliphatic carbocycles. The Balaban J connectivity index is 1.27. The van der Waals surface area contributed by atoms with Crippen LogP contribution in [-0.2, 0) is 14.8 Å². The highest BCUT2D eigenvalue weighted by Crippen LogP contribution is 2.55. The predicted octanol–water partition coefficient (Wildman–Crippen LogP) is 3.62. The van der Waals surface area contributed by atoms with Crippen LogP contribution in [-0.4, -0.2) is 36.8 Å². The van der Waals surface area contributed by atoms with Gasteiger partial charge < -0.3 is 5.32 Å². The zero-order valence-corrected chi connectivity index (χ0v) is 18.1. The van der Waals surface area contributed by atoms with Gasteiger partial charge in [-0.15, -0.1) is 0 Å². The molecule has 6 heteroatoms. The van der Waals surface area contributed by atoms with E-state index in [1.165, 1.54) is 19.3 Å². The average molecular weight is 417 g/mol. The van der Waals surface area contributed by atoms with Crippen LogP contribution in [0.4, 0.5) is 0 Å². The Hall–Kier alpha value is -1.40. The molecule has 1 atom stereocenters. The van der Waals surface area contributed by atoms with Crippen LogP contribution in [0.1, 0.15) is 63.4 Å². The van der Waals surface area contributed by atoms with E-state index in [2.05, 4.69) is 5.32 Å². The predicted molar refractivity (Wildman–Crippen MR) is 112 cm³/mol. The monoisotopic (exact) mass is 416 g/mol. The van der Waals surface area contributed by atoms with Gasteiger partial charge in [-0.3, -0.25) is 4.79 Å². The Labute approximate surface area is 174 Å². The van der Waals surface area contributed by atoms with Gasteiger partial charge in [-0.05, 0) is 88.2 Å². The molecule has 1 heterocycles. The average Bonchev–Trinajstić information content (AvgIpc) is 3.09. The van der Waals surface area contributed by atoms with Gasteiger partial charge in [0.2, 0.25) is 15.9 Å². The molecular formula is C23H32N2O3S. The first kappa shape index (κ1) is 19.6. The number of sulfonamides is 1. The van der Waals surface area contributed by atoms with E-state index in [0.717, 1.165) is 55.4 Å². The van der Waals surface area contributed by atoms with Gasteiger partial charge in [0.05, 0.1) is 4.90 Å². The quantitative estimate of drug-likeness (QED) is 0.797. The van der Waals surface area contributed by atoms with E-state index >= 15 is 0 Å². The van der Waals surface area contributed by atoms with Crippen molar-refractivity contribution in [3.05, 3.63) is 29.8 Å². The van der Waals surface area contributed by atoms with Gasteiger partial charge in [0, 0.05) is 24.5 Å². The van der Waals surface area contributed by atoms with Gasteiger partial charge in [0.1, 0.15) is 0 Å². The third kappa shape index (κ3) is 3.63. The highest BCUT2D eigenvalue weighted by molar-refractivity contribution is 7.89. The highest BCUT2D eigenvalue weighted by atomic mass is 32.2. The topological polar surface area (TPSA) is 66.5 Å². The zero-order valence-electron chi connectivity index (χ0n) is 17.3. The molecule has 4 saturated carbocycles. The van der Waals surface area contributed by atoms with Crippen LogP contribution >= 0.6 is 0 Å². The molecule has 1 aromatic carbocycles. The van der Waals surface area contributed by atoms with Crippen LogP contribution in [0.2, 0.25) is 0 Å². The van der Waals surface area contributed by atoms with Crippen LogP contribution in [0.5, 0.6) is 0 Å². The van der Waals surface area contributed by atoms with E-state index in [4.69, 9.17) is 0 Å². The van der Waals surface area contributed by atoms with Gasteiger partial charge in [0.25, 0.3) is 0 Å². The molecule has 0 radical (unpaired) electrons. The van der Waals surface area contributed by atoms with Crippen molar-refractivity contribution in [3.63, 3.8) is 0 Å². The van der Waals surface area contributed by atoms with Crippen molar-refractivity contribution in [2.24, 2.45) is 17.8 Å². The van der Waals surface area contributed by atoms with E-state index in [9.17, 15) is 13.2 Å². The second kappa shape index (κ2) is 7.09. The molecule has 1 unspecified atom stereocenters. The van der Waals surface area contributed by atoms with E-state index in [1.807, 2.05) is 19.1 Å². The fourth-order valence-corrected chi connectivity index (χ4v) is 8.69. The van der Waals surface area contributed by atoms with Crippen LogP contribution in [0.15, 0.2) is 29.2 Å². The summed E-state index contributed by atoms with van der Waals surface area (Å²) in [6.45, 7) is 2.45. The van der Waals surface area contributed by atoms with E-state index < -0.39 is 10.0 Å². The summed E-state index contributed by atoms with van der Waals surface area (Å²) in [5.74, 6) is 2.40. The van der Waals surface area contributed by atoms with Gasteiger partial charge in [-0.1, -0.05) is 17.7 Å². The molecule has 1 saturated heterocycles. The summed E-state index contributed by atoms with van der Waals surface area (Å²) in [5, 5.41) is 3.41. The fourth-order valence-electron chi connectivity index (χ4n) is 7.00. The first-order valence-electron chi connectivity index (χ1n) is 11.2. The molecule has 5 fully saturated rings. The smallest absolute Gasteiger partial charge is 0.243 e. The zero-order chi connectivity index (χ0) is 20.2. The first-order chi connectivity index (χ1) is 13.8. The molecule has 4 bridgehead atoms. The van der Waals surface area contributed by atoms with Gasteiger partial charge >= 0.3 is 0 Å². The maximum Gasteiger partial charge on any atom is 0.243 e. The van der Waals surface area contributed by atoms with Crippen molar-refractivity contribution in [1.29, 1.82) is 0 Å². The summed E-state index contributed by atoms with van der Waals surface area (Å²) in [6.07, 6.45) is 9.29. The Kier molecular flexibility index (Phi) is 4.78. The Bertz CT molecular complexity index is 858. The van der Waals surface area contributed by atoms with E-state index in [1.54, 1.807) is 16.4 Å². The Morgan fingerprint density at radius 1 is 1.07 bits per heavy atom. The minimum Gasteiger partial charge on any atom is -0.351 e. The molecule has 0 spiro atoms. The molecule has 29 heavy (non-hydrogen) atoms. The lowest BCUT2D eigenvalue weighted by Crippen LogP contribution is -2.60. The van der Waals surface area contributed by atoms with Crippen molar-refractivity contribution < 1.29 is 13.2 Å². The molecular weight excluding hydrogens is 384 g/mol. The molecule has 1 aliphatic heterocycles. The number of rotatable bonds is 5. The minimum atomic E-state index is -3.55. The molecule has 1 N–H and O–H groups in total. The normalized spacial score (nSPS) is 36.4. The molecule has 1 amide bonds. The lowest BCUT2D eigenvalue weighted by Gasteiger charge is -2.57. The largest absolute Gasteiger partial charge is 0.351 e. The number of hydrogen-bond acceptors (Lipinski definition) is 3. The SMILES string of the molecule is Cc1ccc(S(=O)(=O)N2CCCC2CC(=O)NC23CC4CC(CC(C4)C2)C3)cc1. The molecule has 158 valence electrons. The minimum absolute atomic E-state index is 0.00883. The number of carbonyl (C=O) groups is 1. The number of nitrogens with zero attached hydrogens (tertiary/aromatic N) is 1. The first-order valence-corrected chi connectivity index (χ1v) is 12.7. The maximum absolute atomic E-state index is 13.1. The second-order valence-corrected chi connectivity index (χ2v) is 12.1. The number of nitrogens with one attached hydrogen (secondary N) is 1. The lowest BCUT2D eigenvalue weighted by molar-refractivity contribution is -0.127. The van der Waals surface area contributed by atoms with Crippen molar-refractivity contribution in [1.82, 2.24) is 9.62 Å². The maximum atomic E-state index is 13.1. The van der Waals surface area contributed by atoms with Crippen LogP contribution < -0.4 is 5.32 Å². The molecule has 0 aromatic heterocycles. The summed E-state index contributed by atoms with van der Waals surface area (Å²) in [5.41, 5.74) is 1.03. The van der Waals surface area contributed by atoms with Crippen LogP contribution in [0.3, 0.4) is 0 Å². The summed E-state index contributed by atoms with van der Waals surface area (Å²) < 4.78 is 27.9. The number of amides is 1. The van der Waals surface area contributed by atoms with Crippen molar-refractivity contribution in [2.75, 3.05) is 6.54 Å². The molecule has 5 aliphatic rings. The second-order valence-electron chi connectivity index (χ2n) is 10.2. The summed E-state index contributed by atoms with van der Waals surface area (Å²) >= 11 is 0. The number of benzene rings is 1. The number of aryl methyl sites for hydroxylation is 1. The summed E-state index contributed by atoms with van der Waals surface area (Å²) in [7, 11) is -3.55. The molecule has 1 aromatic rings. The lowest BCUT2D eigenvalue weighted by atomic mass is 9.53. The number of carbonyl (C=O) groups excluding carboxylic acids is 1. The van der Waals surface area contributed by atoms with Crippen molar-refractivity contribution in [2.45, 2.75) is 81.2 Å². The molecule has 5 nitrogen and oxygen atoms in total. The summed E-state index contributed by atoms with van der Waals surface area (Å²) in [6, 6.07) is 6.79. The van der Waals surface area contributed by atoms with E-state index in [0.29, 0.717) is 11.4 Å². The number of hydrogen-bond donors (Lipinski definition) is 1. The highest BCUT2D eigenvalue weighted by Gasteiger charge is 2.51. The Morgan fingerprint density at radius 2 is 1.66 bits per heavy atom. The van der Waals surface area contributed by atoms with Crippen LogP contribution in [0.25, 0.3) is 0 Å². The van der Waals surface area contributed by atoms with Crippen molar-refractivity contribution in [3.8, 4) is 0 Å². The van der Waals surface area contributed by atoms with E-state index in [-0.39, 0.29) is 23.9 Å². The van der Waals surface area contributed by atoms with Gasteiger partial charge in [-0.2, -0.15) is 4.31 Å². The van der Waals surface area contributed by atoms with Crippen LogP contribution in [0, 0.1) is 24.7 Å². The fraction of sp³-hybridized carbons (Fsp3) is 0.696. The standard InChI is InChI=1S/C23H32N2O3S/c1-16-4-6-21(7-5-16)29(27,28)25-8-2-3-20(25)12-22(26)24-23-13-17-9-18(14-23)11-19(10-17)15-23/h4-7,17-20H,2-3,8-15H2,1H3,(H,24,26). The van der Waals surface area contributed by atoms with Gasteiger partial charge in [0.15, 0.2) is 0 Å². The third-order valence-corrected chi connectivity index (χ3v) is 9.78. The van der Waals surface area contributed by atoms with Crippen molar-refractivity contribution >= 4 is 15.9 Å². The third-order valence-electron chi connectivity index (χ3n) is 7.81. The van der Waals surface area contributed by atoms with Gasteiger partial charge in [-0.25, -0.2) is 8.42 Å². The summed E-state index contributed by atoms with van der Waals surface area (Å²) in [4.78, 5) is 13.3. The Morgan fingerprint density at radius 3 is 2.24 bits per heavy atom. The molecule has 6 rings (SSSR count).